The van der Waals surface area contributed by atoms with E-state index >= 15 is 0 Å². The molecule has 7 heteroatoms. The van der Waals surface area contributed by atoms with Gasteiger partial charge < -0.3 is 0 Å². The number of benzene rings is 1. The fourth-order valence-electron chi connectivity index (χ4n) is 1.36. The summed E-state index contributed by atoms with van der Waals surface area (Å²) in [6.45, 7) is 0. The third-order valence-electron chi connectivity index (χ3n) is 2.07. The molecule has 0 fully saturated rings. The fraction of sp³-hybridized carbons (Fsp3) is 0.100. The second kappa shape index (κ2) is 4.23. The lowest BCUT2D eigenvalue weighted by atomic mass is 10.3. The first kappa shape index (κ1) is 12.3. The lowest BCUT2D eigenvalue weighted by molar-refractivity contribution is -0.142. The Labute approximate surface area is 105 Å². The smallest absolute Gasteiger partial charge is 0.227 e. The van der Waals surface area contributed by atoms with Crippen molar-refractivity contribution < 1.29 is 13.2 Å². The van der Waals surface area contributed by atoms with Gasteiger partial charge in [-0.1, -0.05) is 23.2 Å². The first-order valence-corrected chi connectivity index (χ1v) is 5.22. The van der Waals surface area contributed by atoms with Crippen molar-refractivity contribution in [3.05, 3.63) is 46.2 Å². The average molecular weight is 281 g/mol. The SMILES string of the molecule is FC(F)(F)c1ccnn1-c1cc(Cl)ccc1Cl. The fourth-order valence-corrected chi connectivity index (χ4v) is 1.72. The van der Waals surface area contributed by atoms with Gasteiger partial charge in [0, 0.05) is 5.02 Å². The highest BCUT2D eigenvalue weighted by Crippen LogP contribution is 2.33. The van der Waals surface area contributed by atoms with E-state index in [9.17, 15) is 13.2 Å². The third-order valence-corrected chi connectivity index (χ3v) is 2.62. The van der Waals surface area contributed by atoms with Crippen LogP contribution in [0.3, 0.4) is 0 Å². The van der Waals surface area contributed by atoms with Crippen LogP contribution in [0.2, 0.25) is 10.0 Å². The maximum atomic E-state index is 12.7. The minimum Gasteiger partial charge on any atom is -0.227 e. The predicted molar refractivity (Wildman–Crippen MR) is 58.6 cm³/mol. The number of rotatable bonds is 1. The van der Waals surface area contributed by atoms with Gasteiger partial charge in [0.05, 0.1) is 16.9 Å². The Hall–Kier alpha value is -1.20. The second-order valence-electron chi connectivity index (χ2n) is 3.22. The summed E-state index contributed by atoms with van der Waals surface area (Å²) in [7, 11) is 0. The molecule has 2 aromatic rings. The van der Waals surface area contributed by atoms with Crippen LogP contribution >= 0.6 is 23.2 Å². The van der Waals surface area contributed by atoms with Crippen LogP contribution in [0.5, 0.6) is 0 Å². The van der Waals surface area contributed by atoms with Gasteiger partial charge in [0.2, 0.25) is 0 Å². The molecule has 0 atom stereocenters. The zero-order valence-corrected chi connectivity index (χ0v) is 9.68. The summed E-state index contributed by atoms with van der Waals surface area (Å²) in [5.41, 5.74) is -0.807. The molecule has 1 aromatic heterocycles. The topological polar surface area (TPSA) is 17.8 Å². The molecule has 0 N–H and O–H groups in total. The largest absolute Gasteiger partial charge is 0.433 e. The van der Waals surface area contributed by atoms with E-state index < -0.39 is 11.9 Å². The molecule has 0 aliphatic heterocycles. The summed E-state index contributed by atoms with van der Waals surface area (Å²) in [5.74, 6) is 0. The number of nitrogens with zero attached hydrogens (tertiary/aromatic N) is 2. The molecule has 1 heterocycles. The highest BCUT2D eigenvalue weighted by Gasteiger charge is 2.35. The van der Waals surface area contributed by atoms with Crippen LogP contribution in [-0.2, 0) is 6.18 Å². The van der Waals surface area contributed by atoms with E-state index in [0.717, 1.165) is 12.3 Å². The number of hydrogen-bond acceptors (Lipinski definition) is 1. The summed E-state index contributed by atoms with van der Waals surface area (Å²) < 4.78 is 38.7. The van der Waals surface area contributed by atoms with Gasteiger partial charge in [-0.15, -0.1) is 0 Å². The minimum absolute atomic E-state index is 0.0940. The molecule has 0 saturated carbocycles. The van der Waals surface area contributed by atoms with Crippen LogP contribution in [-0.4, -0.2) is 9.78 Å². The molecule has 0 amide bonds. The number of aromatic nitrogens is 2. The molecule has 0 radical (unpaired) electrons. The Kier molecular flexibility index (Phi) is 3.05. The molecule has 0 aliphatic rings. The quantitative estimate of drug-likeness (QED) is 0.766. The Morgan fingerprint density at radius 3 is 2.47 bits per heavy atom. The minimum atomic E-state index is -4.50. The van der Waals surface area contributed by atoms with E-state index in [2.05, 4.69) is 5.10 Å². The number of hydrogen-bond donors (Lipinski definition) is 0. The zero-order chi connectivity index (χ0) is 12.6. The standard InChI is InChI=1S/C10H5Cl2F3N2/c11-6-1-2-7(12)8(5-6)17-9(3-4-16-17)10(13,14)15/h1-5H. The van der Waals surface area contributed by atoms with Crippen LogP contribution in [0.4, 0.5) is 13.2 Å². The van der Waals surface area contributed by atoms with Crippen LogP contribution in [0.25, 0.3) is 5.69 Å². The number of alkyl halides is 3. The van der Waals surface area contributed by atoms with E-state index in [0.29, 0.717) is 4.68 Å². The van der Waals surface area contributed by atoms with Crippen LogP contribution in [0.1, 0.15) is 5.69 Å². The van der Waals surface area contributed by atoms with Gasteiger partial charge >= 0.3 is 6.18 Å². The van der Waals surface area contributed by atoms with Crippen molar-refractivity contribution in [2.24, 2.45) is 0 Å². The van der Waals surface area contributed by atoms with Crippen LogP contribution < -0.4 is 0 Å². The van der Waals surface area contributed by atoms with Gasteiger partial charge in [0.15, 0.2) is 0 Å². The Morgan fingerprint density at radius 1 is 1.12 bits per heavy atom. The van der Waals surface area contributed by atoms with Gasteiger partial charge in [-0.3, -0.25) is 0 Å². The maximum Gasteiger partial charge on any atom is 0.433 e. The molecule has 2 nitrogen and oxygen atoms in total. The summed E-state index contributed by atoms with van der Waals surface area (Å²) in [4.78, 5) is 0. The summed E-state index contributed by atoms with van der Waals surface area (Å²) in [6.07, 6.45) is -3.44. The summed E-state index contributed by atoms with van der Waals surface area (Å²) in [5, 5.41) is 4.04. The molecule has 1 aromatic carbocycles. The molecule has 0 saturated heterocycles. The monoisotopic (exact) mass is 280 g/mol. The van der Waals surface area contributed by atoms with Gasteiger partial charge in [0.1, 0.15) is 5.69 Å². The van der Waals surface area contributed by atoms with Gasteiger partial charge in [-0.05, 0) is 24.3 Å². The van der Waals surface area contributed by atoms with Crippen molar-refractivity contribution >= 4 is 23.2 Å². The van der Waals surface area contributed by atoms with E-state index in [1.54, 1.807) is 0 Å². The lowest BCUT2D eigenvalue weighted by Gasteiger charge is -2.11. The van der Waals surface area contributed by atoms with Gasteiger partial charge in [0.25, 0.3) is 0 Å². The first-order valence-electron chi connectivity index (χ1n) is 4.46. The van der Waals surface area contributed by atoms with Crippen molar-refractivity contribution in [3.63, 3.8) is 0 Å². The van der Waals surface area contributed by atoms with Crippen molar-refractivity contribution in [1.82, 2.24) is 9.78 Å². The Morgan fingerprint density at radius 2 is 1.82 bits per heavy atom. The molecule has 17 heavy (non-hydrogen) atoms. The zero-order valence-electron chi connectivity index (χ0n) is 8.17. The van der Waals surface area contributed by atoms with Gasteiger partial charge in [-0.2, -0.15) is 18.3 Å². The van der Waals surface area contributed by atoms with E-state index in [-0.39, 0.29) is 15.7 Å². The Bertz CT molecular complexity index is 549. The molecule has 2 rings (SSSR count). The lowest BCUT2D eigenvalue weighted by Crippen LogP contribution is -2.13. The molecule has 90 valence electrons. The molecule has 0 unspecified atom stereocenters. The Balaban J connectivity index is 2.61. The molecule has 0 spiro atoms. The maximum absolute atomic E-state index is 12.7. The van der Waals surface area contributed by atoms with Crippen molar-refractivity contribution in [2.75, 3.05) is 0 Å². The van der Waals surface area contributed by atoms with Crippen molar-refractivity contribution in [3.8, 4) is 5.69 Å². The first-order chi connectivity index (χ1) is 7.89. The predicted octanol–water partition coefficient (Wildman–Crippen LogP) is 4.20. The third kappa shape index (κ3) is 2.40. The molecular formula is C10H5Cl2F3N2. The summed E-state index contributed by atoms with van der Waals surface area (Å²) in [6, 6.07) is 5.11. The van der Waals surface area contributed by atoms with Crippen LogP contribution in [0.15, 0.2) is 30.5 Å². The van der Waals surface area contributed by atoms with Crippen molar-refractivity contribution in [2.45, 2.75) is 6.18 Å². The van der Waals surface area contributed by atoms with E-state index in [1.807, 2.05) is 0 Å². The average Bonchev–Trinajstić information content (AvgIpc) is 2.69. The van der Waals surface area contributed by atoms with E-state index in [4.69, 9.17) is 23.2 Å². The highest BCUT2D eigenvalue weighted by atomic mass is 35.5. The van der Waals surface area contributed by atoms with Crippen LogP contribution in [0, 0.1) is 0 Å². The number of halogens is 5. The highest BCUT2D eigenvalue weighted by molar-refractivity contribution is 6.34. The van der Waals surface area contributed by atoms with Gasteiger partial charge in [-0.25, -0.2) is 4.68 Å². The normalized spacial score (nSPS) is 11.8. The molecule has 0 aliphatic carbocycles. The molecular weight excluding hydrogens is 276 g/mol. The van der Waals surface area contributed by atoms with Crippen molar-refractivity contribution in [1.29, 1.82) is 0 Å². The second-order valence-corrected chi connectivity index (χ2v) is 4.07. The van der Waals surface area contributed by atoms with E-state index in [1.165, 1.54) is 18.2 Å². The molecule has 0 bridgehead atoms. The summed E-state index contributed by atoms with van der Waals surface area (Å²) >= 11 is 11.5.